The number of carbonyl (C=O) groups excluding carboxylic acids is 2. The van der Waals surface area contributed by atoms with Gasteiger partial charge in [0.15, 0.2) is 11.5 Å². The molecule has 7 nitrogen and oxygen atoms in total. The third kappa shape index (κ3) is 6.62. The van der Waals surface area contributed by atoms with Crippen LogP contribution in [0.1, 0.15) is 29.8 Å². The first kappa shape index (κ1) is 24.4. The summed E-state index contributed by atoms with van der Waals surface area (Å²) in [5.41, 5.74) is 1.75. The summed E-state index contributed by atoms with van der Waals surface area (Å²) in [6.07, 6.45) is 1.59. The lowest BCUT2D eigenvalue weighted by Crippen LogP contribution is -2.30. The monoisotopic (exact) mass is 460 g/mol. The van der Waals surface area contributed by atoms with Crippen LogP contribution < -0.4 is 24.8 Å². The molecule has 7 heteroatoms. The first-order chi connectivity index (χ1) is 16.5. The second-order valence-corrected chi connectivity index (χ2v) is 7.13. The van der Waals surface area contributed by atoms with Crippen molar-refractivity contribution in [2.45, 2.75) is 13.8 Å². The standard InChI is InChI=1S/C27H28N2O5/c1-4-33-22-14-12-21(13-15-22)28-27(31)23(29-26(30)20-9-7-6-8-10-20)17-19-11-16-24(32-3)25(18-19)34-5-2/h6-18H,4-5H2,1-3H3,(H,28,31)(H,29,30). The number of hydrogen-bond acceptors (Lipinski definition) is 5. The van der Waals surface area contributed by atoms with E-state index in [-0.39, 0.29) is 5.70 Å². The van der Waals surface area contributed by atoms with E-state index in [2.05, 4.69) is 10.6 Å². The van der Waals surface area contributed by atoms with Gasteiger partial charge in [-0.25, -0.2) is 0 Å². The topological polar surface area (TPSA) is 85.9 Å². The van der Waals surface area contributed by atoms with Gasteiger partial charge in [0.2, 0.25) is 0 Å². The number of anilines is 1. The molecule has 176 valence electrons. The highest BCUT2D eigenvalue weighted by Gasteiger charge is 2.16. The molecule has 0 aliphatic carbocycles. The molecule has 0 heterocycles. The fraction of sp³-hybridized carbons (Fsp3) is 0.185. The van der Waals surface area contributed by atoms with E-state index in [1.165, 1.54) is 0 Å². The van der Waals surface area contributed by atoms with E-state index >= 15 is 0 Å². The van der Waals surface area contributed by atoms with Crippen molar-refractivity contribution < 1.29 is 23.8 Å². The van der Waals surface area contributed by atoms with Crippen molar-refractivity contribution in [1.29, 1.82) is 0 Å². The van der Waals surface area contributed by atoms with Gasteiger partial charge >= 0.3 is 0 Å². The highest BCUT2D eigenvalue weighted by atomic mass is 16.5. The molecule has 0 aliphatic heterocycles. The third-order valence-electron chi connectivity index (χ3n) is 4.75. The number of nitrogens with one attached hydrogen (secondary N) is 2. The summed E-state index contributed by atoms with van der Waals surface area (Å²) in [7, 11) is 1.56. The highest BCUT2D eigenvalue weighted by Crippen LogP contribution is 2.29. The van der Waals surface area contributed by atoms with E-state index in [1.54, 1.807) is 79.9 Å². The number of hydrogen-bond donors (Lipinski definition) is 2. The van der Waals surface area contributed by atoms with E-state index < -0.39 is 11.8 Å². The number of rotatable bonds is 10. The summed E-state index contributed by atoms with van der Waals surface area (Å²) in [5.74, 6) is 0.955. The average molecular weight is 461 g/mol. The van der Waals surface area contributed by atoms with Gasteiger partial charge in [-0.2, -0.15) is 0 Å². The molecule has 0 fully saturated rings. The fourth-order valence-corrected chi connectivity index (χ4v) is 3.16. The maximum atomic E-state index is 13.1. The summed E-state index contributed by atoms with van der Waals surface area (Å²) in [4.78, 5) is 25.9. The van der Waals surface area contributed by atoms with Crippen molar-refractivity contribution in [3.05, 3.63) is 89.6 Å². The van der Waals surface area contributed by atoms with Crippen LogP contribution in [-0.2, 0) is 4.79 Å². The Morgan fingerprint density at radius 1 is 0.853 bits per heavy atom. The number of ether oxygens (including phenoxy) is 3. The lowest BCUT2D eigenvalue weighted by Gasteiger charge is -2.13. The molecule has 2 amide bonds. The molecule has 2 N–H and O–H groups in total. The van der Waals surface area contributed by atoms with Gasteiger partial charge in [-0.1, -0.05) is 24.3 Å². The van der Waals surface area contributed by atoms with Crippen molar-refractivity contribution in [2.75, 3.05) is 25.6 Å². The summed E-state index contributed by atoms with van der Waals surface area (Å²) in [6.45, 7) is 4.78. The van der Waals surface area contributed by atoms with Crippen LogP contribution in [0.3, 0.4) is 0 Å². The zero-order chi connectivity index (χ0) is 24.3. The molecule has 0 spiro atoms. The minimum atomic E-state index is -0.470. The van der Waals surface area contributed by atoms with Crippen LogP contribution in [0.25, 0.3) is 6.08 Å². The van der Waals surface area contributed by atoms with Gasteiger partial charge < -0.3 is 24.8 Å². The van der Waals surface area contributed by atoms with E-state index in [9.17, 15) is 9.59 Å². The van der Waals surface area contributed by atoms with Crippen LogP contribution >= 0.6 is 0 Å². The van der Waals surface area contributed by atoms with Crippen LogP contribution in [0.4, 0.5) is 5.69 Å². The maximum Gasteiger partial charge on any atom is 0.272 e. The Morgan fingerprint density at radius 3 is 2.21 bits per heavy atom. The smallest absolute Gasteiger partial charge is 0.272 e. The molecule has 0 aromatic heterocycles. The Labute approximate surface area is 199 Å². The van der Waals surface area contributed by atoms with E-state index in [0.717, 1.165) is 0 Å². The molecule has 3 rings (SSSR count). The molecule has 0 atom stereocenters. The molecule has 0 saturated carbocycles. The SMILES string of the molecule is CCOc1ccc(NC(=O)C(=Cc2ccc(OC)c(OCC)c2)NC(=O)c2ccccc2)cc1. The van der Waals surface area contributed by atoms with Crippen molar-refractivity contribution >= 4 is 23.6 Å². The van der Waals surface area contributed by atoms with E-state index in [1.807, 2.05) is 19.9 Å². The molecule has 3 aromatic rings. The van der Waals surface area contributed by atoms with Gasteiger partial charge in [-0.15, -0.1) is 0 Å². The number of carbonyl (C=O) groups is 2. The van der Waals surface area contributed by atoms with Gasteiger partial charge in [0.25, 0.3) is 11.8 Å². The van der Waals surface area contributed by atoms with Gasteiger partial charge in [-0.3, -0.25) is 9.59 Å². The number of amides is 2. The average Bonchev–Trinajstić information content (AvgIpc) is 2.86. The molecule has 0 bridgehead atoms. The third-order valence-corrected chi connectivity index (χ3v) is 4.75. The Kier molecular flexibility index (Phi) is 8.68. The van der Waals surface area contributed by atoms with Crippen molar-refractivity contribution in [1.82, 2.24) is 5.32 Å². The zero-order valence-electron chi connectivity index (χ0n) is 19.5. The predicted octanol–water partition coefficient (Wildman–Crippen LogP) is 4.90. The van der Waals surface area contributed by atoms with Crippen LogP contribution in [0.5, 0.6) is 17.2 Å². The van der Waals surface area contributed by atoms with Crippen molar-refractivity contribution in [3.63, 3.8) is 0 Å². The van der Waals surface area contributed by atoms with Gasteiger partial charge in [0.05, 0.1) is 20.3 Å². The Balaban J connectivity index is 1.90. The molecular weight excluding hydrogens is 432 g/mol. The van der Waals surface area contributed by atoms with Gasteiger partial charge in [-0.05, 0) is 74.0 Å². The van der Waals surface area contributed by atoms with Crippen molar-refractivity contribution in [2.24, 2.45) is 0 Å². The fourth-order valence-electron chi connectivity index (χ4n) is 3.16. The largest absolute Gasteiger partial charge is 0.494 e. The molecule has 34 heavy (non-hydrogen) atoms. The first-order valence-corrected chi connectivity index (χ1v) is 11.0. The summed E-state index contributed by atoms with van der Waals surface area (Å²) >= 11 is 0. The minimum Gasteiger partial charge on any atom is -0.494 e. The van der Waals surface area contributed by atoms with Crippen LogP contribution in [0, 0.1) is 0 Å². The Morgan fingerprint density at radius 2 is 1.56 bits per heavy atom. The molecule has 3 aromatic carbocycles. The second kappa shape index (κ2) is 12.1. The minimum absolute atomic E-state index is 0.0790. The van der Waals surface area contributed by atoms with Crippen LogP contribution in [0.2, 0.25) is 0 Å². The molecule has 0 saturated heterocycles. The summed E-state index contributed by atoms with van der Waals surface area (Å²) in [6, 6.07) is 21.0. The van der Waals surface area contributed by atoms with Gasteiger partial charge in [0.1, 0.15) is 11.4 Å². The number of methoxy groups -OCH3 is 1. The normalized spacial score (nSPS) is 10.9. The quantitative estimate of drug-likeness (QED) is 0.420. The highest BCUT2D eigenvalue weighted by molar-refractivity contribution is 6.10. The van der Waals surface area contributed by atoms with E-state index in [4.69, 9.17) is 14.2 Å². The lowest BCUT2D eigenvalue weighted by molar-refractivity contribution is -0.113. The second-order valence-electron chi connectivity index (χ2n) is 7.13. The van der Waals surface area contributed by atoms with Crippen LogP contribution in [-0.4, -0.2) is 32.1 Å². The van der Waals surface area contributed by atoms with Gasteiger partial charge in [0, 0.05) is 11.3 Å². The van der Waals surface area contributed by atoms with Crippen molar-refractivity contribution in [3.8, 4) is 17.2 Å². The molecular formula is C27H28N2O5. The summed E-state index contributed by atoms with van der Waals surface area (Å²) < 4.78 is 16.4. The molecule has 0 radical (unpaired) electrons. The maximum absolute atomic E-state index is 13.1. The summed E-state index contributed by atoms with van der Waals surface area (Å²) in [5, 5.41) is 5.54. The van der Waals surface area contributed by atoms with Crippen LogP contribution in [0.15, 0.2) is 78.5 Å². The lowest BCUT2D eigenvalue weighted by atomic mass is 10.1. The molecule has 0 aliphatic rings. The first-order valence-electron chi connectivity index (χ1n) is 11.0. The van der Waals surface area contributed by atoms with E-state index in [0.29, 0.717) is 47.3 Å². The molecule has 0 unspecified atom stereocenters. The predicted molar refractivity (Wildman–Crippen MR) is 132 cm³/mol. The number of benzene rings is 3. The zero-order valence-corrected chi connectivity index (χ0v) is 19.5. The Bertz CT molecular complexity index is 1140. The Hall–Kier alpha value is -4.26.